The third-order valence-corrected chi connectivity index (χ3v) is 6.50. The molecule has 3 rings (SSSR count). The summed E-state index contributed by atoms with van der Waals surface area (Å²) < 4.78 is 0. The minimum atomic E-state index is 0.792. The topological polar surface area (TPSA) is 0 Å². The monoisotopic (exact) mass is 324 g/mol. The molecule has 0 aliphatic heterocycles. The summed E-state index contributed by atoms with van der Waals surface area (Å²) in [7, 11) is 0. The predicted molar refractivity (Wildman–Crippen MR) is 106 cm³/mol. The van der Waals surface area contributed by atoms with Crippen molar-refractivity contribution in [2.45, 2.75) is 89.9 Å². The van der Waals surface area contributed by atoms with Crippen molar-refractivity contribution in [3.8, 4) is 0 Å². The van der Waals surface area contributed by atoms with Gasteiger partial charge in [-0.1, -0.05) is 63.1 Å². The molecule has 1 aromatic carbocycles. The van der Waals surface area contributed by atoms with Crippen LogP contribution in [-0.2, 0) is 0 Å². The number of rotatable bonds is 8. The van der Waals surface area contributed by atoms with Gasteiger partial charge in [0.1, 0.15) is 0 Å². The zero-order chi connectivity index (χ0) is 16.9. The van der Waals surface area contributed by atoms with Gasteiger partial charge < -0.3 is 0 Å². The summed E-state index contributed by atoms with van der Waals surface area (Å²) in [6, 6.07) is 9.63. The lowest BCUT2D eigenvalue weighted by Gasteiger charge is -2.30. The van der Waals surface area contributed by atoms with E-state index in [2.05, 4.69) is 44.7 Å². The molecule has 0 N–H and O–H groups in total. The molecule has 2 aliphatic rings. The third-order valence-electron chi connectivity index (χ3n) is 6.50. The van der Waals surface area contributed by atoms with Gasteiger partial charge in [-0.05, 0) is 86.2 Å². The summed E-state index contributed by atoms with van der Waals surface area (Å²) in [5.74, 6) is 3.34. The molecule has 2 saturated carbocycles. The Kier molecular flexibility index (Phi) is 6.19. The Morgan fingerprint density at radius 2 is 1.42 bits per heavy atom. The molecule has 0 heterocycles. The first-order valence-corrected chi connectivity index (χ1v) is 10.4. The quantitative estimate of drug-likeness (QED) is 0.432. The minimum absolute atomic E-state index is 0.792. The van der Waals surface area contributed by atoms with E-state index in [1.807, 2.05) is 0 Å². The van der Waals surface area contributed by atoms with Crippen LogP contribution in [0.3, 0.4) is 0 Å². The Labute approximate surface area is 149 Å². The Morgan fingerprint density at radius 3 is 1.88 bits per heavy atom. The average Bonchev–Trinajstić information content (AvgIpc) is 3.45. The van der Waals surface area contributed by atoms with E-state index in [1.165, 1.54) is 64.2 Å². The lowest BCUT2D eigenvalue weighted by atomic mass is 9.75. The fraction of sp³-hybridized carbons (Fsp3) is 0.667. The van der Waals surface area contributed by atoms with Crippen molar-refractivity contribution in [3.05, 3.63) is 47.5 Å². The maximum absolute atomic E-state index is 4.45. The van der Waals surface area contributed by atoms with Crippen LogP contribution in [0.2, 0.25) is 0 Å². The molecule has 0 radical (unpaired) electrons. The molecule has 1 aromatic rings. The van der Waals surface area contributed by atoms with E-state index in [9.17, 15) is 0 Å². The van der Waals surface area contributed by atoms with Crippen molar-refractivity contribution in [1.29, 1.82) is 0 Å². The normalized spacial score (nSPS) is 25.4. The van der Waals surface area contributed by atoms with Crippen molar-refractivity contribution in [2.24, 2.45) is 11.8 Å². The van der Waals surface area contributed by atoms with Gasteiger partial charge in [0.25, 0.3) is 0 Å². The fourth-order valence-electron chi connectivity index (χ4n) is 4.57. The van der Waals surface area contributed by atoms with Gasteiger partial charge in [0.05, 0.1) is 0 Å². The first-order valence-electron chi connectivity index (χ1n) is 10.4. The SMILES string of the molecule is C=C(CCC(C)CCC)C1CCC(c2ccc(C3CC3)cc2)CC1. The molecule has 0 aromatic heterocycles. The maximum atomic E-state index is 4.45. The molecule has 1 atom stereocenters. The molecule has 0 nitrogen and oxygen atoms in total. The molecule has 0 saturated heterocycles. The van der Waals surface area contributed by atoms with Gasteiger partial charge in [-0.25, -0.2) is 0 Å². The van der Waals surface area contributed by atoms with Crippen molar-refractivity contribution in [3.63, 3.8) is 0 Å². The number of allylic oxidation sites excluding steroid dienone is 1. The Bertz CT molecular complexity index is 511. The van der Waals surface area contributed by atoms with E-state index in [-0.39, 0.29) is 0 Å². The van der Waals surface area contributed by atoms with E-state index in [0.29, 0.717) is 0 Å². The highest BCUT2D eigenvalue weighted by atomic mass is 14.3. The minimum Gasteiger partial charge on any atom is -0.0996 e. The van der Waals surface area contributed by atoms with Gasteiger partial charge in [-0.3, -0.25) is 0 Å². The van der Waals surface area contributed by atoms with Crippen molar-refractivity contribution < 1.29 is 0 Å². The maximum Gasteiger partial charge on any atom is -0.0162 e. The van der Waals surface area contributed by atoms with E-state index in [0.717, 1.165) is 23.7 Å². The van der Waals surface area contributed by atoms with Crippen molar-refractivity contribution in [1.82, 2.24) is 0 Å². The Morgan fingerprint density at radius 1 is 0.917 bits per heavy atom. The highest BCUT2D eigenvalue weighted by Crippen LogP contribution is 2.42. The van der Waals surface area contributed by atoms with Crippen molar-refractivity contribution in [2.75, 3.05) is 0 Å². The highest BCUT2D eigenvalue weighted by Gasteiger charge is 2.26. The average molecular weight is 325 g/mol. The second-order valence-electron chi connectivity index (χ2n) is 8.58. The molecule has 132 valence electrons. The van der Waals surface area contributed by atoms with Gasteiger partial charge >= 0.3 is 0 Å². The van der Waals surface area contributed by atoms with Crippen LogP contribution >= 0.6 is 0 Å². The molecule has 1 unspecified atom stereocenters. The summed E-state index contributed by atoms with van der Waals surface area (Å²) in [4.78, 5) is 0. The van der Waals surface area contributed by atoms with Gasteiger partial charge in [0, 0.05) is 0 Å². The van der Waals surface area contributed by atoms with Crippen LogP contribution in [0.15, 0.2) is 36.4 Å². The number of benzene rings is 1. The lowest BCUT2D eigenvalue weighted by Crippen LogP contribution is -2.15. The zero-order valence-corrected chi connectivity index (χ0v) is 15.9. The van der Waals surface area contributed by atoms with Gasteiger partial charge in [0.15, 0.2) is 0 Å². The molecule has 2 fully saturated rings. The van der Waals surface area contributed by atoms with Crippen LogP contribution in [0, 0.1) is 11.8 Å². The third kappa shape index (κ3) is 4.74. The summed E-state index contributed by atoms with van der Waals surface area (Å²) in [6.45, 7) is 9.14. The molecule has 2 aliphatic carbocycles. The van der Waals surface area contributed by atoms with E-state index in [1.54, 1.807) is 16.7 Å². The lowest BCUT2D eigenvalue weighted by molar-refractivity contribution is 0.351. The number of hydrogen-bond acceptors (Lipinski definition) is 0. The van der Waals surface area contributed by atoms with Crippen LogP contribution in [0.5, 0.6) is 0 Å². The Balaban J connectivity index is 1.44. The zero-order valence-electron chi connectivity index (χ0n) is 15.9. The van der Waals surface area contributed by atoms with Crippen LogP contribution in [0.25, 0.3) is 0 Å². The molecule has 0 amide bonds. The second kappa shape index (κ2) is 8.37. The summed E-state index contributed by atoms with van der Waals surface area (Å²) in [6.07, 6.45) is 13.5. The van der Waals surface area contributed by atoms with E-state index >= 15 is 0 Å². The second-order valence-corrected chi connectivity index (χ2v) is 8.58. The van der Waals surface area contributed by atoms with Gasteiger partial charge in [-0.2, -0.15) is 0 Å². The van der Waals surface area contributed by atoms with Crippen LogP contribution in [0.4, 0.5) is 0 Å². The summed E-state index contributed by atoms with van der Waals surface area (Å²) in [5.41, 5.74) is 4.70. The molecule has 24 heavy (non-hydrogen) atoms. The highest BCUT2D eigenvalue weighted by molar-refractivity contribution is 5.30. The summed E-state index contributed by atoms with van der Waals surface area (Å²) >= 11 is 0. The fourth-order valence-corrected chi connectivity index (χ4v) is 4.57. The van der Waals surface area contributed by atoms with Crippen molar-refractivity contribution >= 4 is 0 Å². The van der Waals surface area contributed by atoms with Gasteiger partial charge in [-0.15, -0.1) is 0 Å². The standard InChI is InChI=1S/C24H36/c1-4-5-18(2)6-7-19(3)20-8-10-21(11-9-20)22-12-14-23(15-13-22)24-16-17-24/h12-15,18,20-21,24H,3-11,16-17H2,1-2H3. The predicted octanol–water partition coefficient (Wildman–Crippen LogP) is 7.61. The smallest absolute Gasteiger partial charge is 0.0162 e. The molecule has 0 heteroatoms. The van der Waals surface area contributed by atoms with E-state index < -0.39 is 0 Å². The first-order chi connectivity index (χ1) is 11.7. The molecular weight excluding hydrogens is 288 g/mol. The van der Waals surface area contributed by atoms with Crippen LogP contribution in [-0.4, -0.2) is 0 Å². The molecule has 0 spiro atoms. The Hall–Kier alpha value is -1.04. The van der Waals surface area contributed by atoms with Gasteiger partial charge in [0.2, 0.25) is 0 Å². The summed E-state index contributed by atoms with van der Waals surface area (Å²) in [5, 5.41) is 0. The van der Waals surface area contributed by atoms with Crippen LogP contribution < -0.4 is 0 Å². The molecular formula is C24H36. The largest absolute Gasteiger partial charge is 0.0996 e. The van der Waals surface area contributed by atoms with E-state index in [4.69, 9.17) is 0 Å². The molecule has 0 bridgehead atoms. The number of hydrogen-bond donors (Lipinski definition) is 0. The van der Waals surface area contributed by atoms with Crippen LogP contribution in [0.1, 0.15) is 101 Å². The first kappa shape index (κ1) is 17.8.